The molecule has 0 radical (unpaired) electrons. The van der Waals surface area contributed by atoms with E-state index in [1.807, 2.05) is 64.4 Å². The van der Waals surface area contributed by atoms with Crippen LogP contribution in [0, 0.1) is 11.7 Å². The molecule has 39 heavy (non-hydrogen) atoms. The Morgan fingerprint density at radius 1 is 0.769 bits per heavy atom. The number of imidazole rings is 1. The van der Waals surface area contributed by atoms with Crippen molar-refractivity contribution in [3.8, 4) is 5.69 Å². The highest BCUT2D eigenvalue weighted by molar-refractivity contribution is 5.94. The zero-order valence-electron chi connectivity index (χ0n) is 21.9. The fraction of sp³-hybridized carbons (Fsp3) is 0.323. The van der Waals surface area contributed by atoms with E-state index in [0.29, 0.717) is 38.3 Å². The third-order valence-corrected chi connectivity index (χ3v) is 7.92. The first-order valence-corrected chi connectivity index (χ1v) is 13.6. The molecule has 2 saturated heterocycles. The number of benzene rings is 3. The number of carbonyl (C=O) groups is 2. The smallest absolute Gasteiger partial charge is 0.253 e. The molecule has 0 bridgehead atoms. The molecule has 0 unspecified atom stereocenters. The van der Waals surface area contributed by atoms with Gasteiger partial charge >= 0.3 is 0 Å². The number of fused-ring (bicyclic) bond motifs is 1. The van der Waals surface area contributed by atoms with Gasteiger partial charge in [0.15, 0.2) is 0 Å². The second-order valence-electron chi connectivity index (χ2n) is 10.4. The summed E-state index contributed by atoms with van der Waals surface area (Å²) >= 11 is 0. The van der Waals surface area contributed by atoms with Crippen molar-refractivity contribution in [3.63, 3.8) is 0 Å². The molecule has 2 aliphatic heterocycles. The number of hydrogen-bond acceptors (Lipinski definition) is 4. The van der Waals surface area contributed by atoms with Crippen molar-refractivity contribution in [1.29, 1.82) is 0 Å². The number of piperazine rings is 1. The van der Waals surface area contributed by atoms with Crippen LogP contribution in [-0.2, 0) is 11.3 Å². The first-order chi connectivity index (χ1) is 19.1. The van der Waals surface area contributed by atoms with E-state index in [2.05, 4.69) is 9.47 Å². The molecule has 3 aromatic carbocycles. The molecule has 0 atom stereocenters. The number of halogens is 1. The SMILES string of the molecule is O=C(c1ccccc1)N1CCN(C(=O)C2CCN(Cc3nc4ccccc4n3-c3ccc(F)cc3)CC2)CC1. The molecule has 4 aromatic rings. The second-order valence-corrected chi connectivity index (χ2v) is 10.4. The van der Waals surface area contributed by atoms with E-state index in [1.54, 1.807) is 12.1 Å². The molecule has 2 aliphatic rings. The van der Waals surface area contributed by atoms with Crippen LogP contribution in [0.2, 0.25) is 0 Å². The summed E-state index contributed by atoms with van der Waals surface area (Å²) in [4.78, 5) is 37.1. The maximum atomic E-state index is 13.6. The Balaban J connectivity index is 1.06. The molecule has 0 N–H and O–H groups in total. The summed E-state index contributed by atoms with van der Waals surface area (Å²) in [5.41, 5.74) is 3.48. The van der Waals surface area contributed by atoms with Crippen LogP contribution in [-0.4, -0.2) is 75.3 Å². The molecule has 1 aromatic heterocycles. The lowest BCUT2D eigenvalue weighted by Crippen LogP contribution is -2.53. The van der Waals surface area contributed by atoms with Crippen LogP contribution in [0.15, 0.2) is 78.9 Å². The van der Waals surface area contributed by atoms with Gasteiger partial charge in [-0.1, -0.05) is 30.3 Å². The van der Waals surface area contributed by atoms with E-state index >= 15 is 0 Å². The van der Waals surface area contributed by atoms with Crippen LogP contribution in [0.1, 0.15) is 29.0 Å². The molecule has 2 fully saturated rings. The lowest BCUT2D eigenvalue weighted by atomic mass is 9.95. The lowest BCUT2D eigenvalue weighted by molar-refractivity contribution is -0.138. The summed E-state index contributed by atoms with van der Waals surface area (Å²) in [5.74, 6) is 0.892. The van der Waals surface area contributed by atoms with Gasteiger partial charge in [0.1, 0.15) is 11.6 Å². The third kappa shape index (κ3) is 5.29. The van der Waals surface area contributed by atoms with Crippen LogP contribution in [0.3, 0.4) is 0 Å². The number of amides is 2. The molecule has 3 heterocycles. The molecule has 200 valence electrons. The Morgan fingerprint density at radius 3 is 2.13 bits per heavy atom. The summed E-state index contributed by atoms with van der Waals surface area (Å²) in [5, 5.41) is 0. The van der Waals surface area contributed by atoms with Gasteiger partial charge in [0.2, 0.25) is 5.91 Å². The minimum absolute atomic E-state index is 0.00791. The van der Waals surface area contributed by atoms with E-state index in [9.17, 15) is 14.0 Å². The molecular weight excluding hydrogens is 493 g/mol. The fourth-order valence-corrected chi connectivity index (χ4v) is 5.75. The molecule has 6 rings (SSSR count). The minimum atomic E-state index is -0.263. The first-order valence-electron chi connectivity index (χ1n) is 13.6. The van der Waals surface area contributed by atoms with Crippen molar-refractivity contribution in [2.75, 3.05) is 39.3 Å². The van der Waals surface area contributed by atoms with Crippen molar-refractivity contribution >= 4 is 22.8 Å². The Kier molecular flexibility index (Phi) is 7.11. The van der Waals surface area contributed by atoms with Crippen molar-refractivity contribution < 1.29 is 14.0 Å². The van der Waals surface area contributed by atoms with Crippen molar-refractivity contribution in [3.05, 3.63) is 96.1 Å². The zero-order valence-corrected chi connectivity index (χ0v) is 21.9. The Hall–Kier alpha value is -4.04. The van der Waals surface area contributed by atoms with Gasteiger partial charge in [-0.05, 0) is 74.5 Å². The number of piperidine rings is 1. The normalized spacial score (nSPS) is 17.1. The molecule has 2 amide bonds. The number of rotatable bonds is 5. The summed E-state index contributed by atoms with van der Waals surface area (Å²) in [6, 6.07) is 23.8. The molecular formula is C31H32FN5O2. The average Bonchev–Trinajstić information content (AvgIpc) is 3.35. The predicted molar refractivity (Wildman–Crippen MR) is 148 cm³/mol. The summed E-state index contributed by atoms with van der Waals surface area (Å²) in [6.45, 7) is 4.59. The minimum Gasteiger partial charge on any atom is -0.339 e. The predicted octanol–water partition coefficient (Wildman–Crippen LogP) is 4.36. The summed E-state index contributed by atoms with van der Waals surface area (Å²) in [6.07, 6.45) is 1.61. The molecule has 0 saturated carbocycles. The van der Waals surface area contributed by atoms with Crippen molar-refractivity contribution in [2.45, 2.75) is 19.4 Å². The molecule has 7 nitrogen and oxygen atoms in total. The van der Waals surface area contributed by atoms with Gasteiger partial charge in [0, 0.05) is 43.3 Å². The fourth-order valence-electron chi connectivity index (χ4n) is 5.75. The maximum Gasteiger partial charge on any atom is 0.253 e. The van der Waals surface area contributed by atoms with Crippen LogP contribution in [0.25, 0.3) is 16.7 Å². The third-order valence-electron chi connectivity index (χ3n) is 7.92. The van der Waals surface area contributed by atoms with Gasteiger partial charge in [0.25, 0.3) is 5.91 Å². The molecule has 8 heteroatoms. The quantitative estimate of drug-likeness (QED) is 0.389. The van der Waals surface area contributed by atoms with E-state index in [1.165, 1.54) is 12.1 Å². The van der Waals surface area contributed by atoms with E-state index in [-0.39, 0.29) is 23.5 Å². The Bertz CT molecular complexity index is 1450. The van der Waals surface area contributed by atoms with E-state index in [4.69, 9.17) is 4.98 Å². The highest BCUT2D eigenvalue weighted by atomic mass is 19.1. The monoisotopic (exact) mass is 525 g/mol. The summed E-state index contributed by atoms with van der Waals surface area (Å²) < 4.78 is 15.7. The van der Waals surface area contributed by atoms with Gasteiger partial charge in [-0.15, -0.1) is 0 Å². The van der Waals surface area contributed by atoms with Gasteiger partial charge in [-0.3, -0.25) is 19.1 Å². The highest BCUT2D eigenvalue weighted by Gasteiger charge is 2.32. The van der Waals surface area contributed by atoms with Crippen molar-refractivity contribution in [1.82, 2.24) is 24.3 Å². The van der Waals surface area contributed by atoms with Crippen molar-refractivity contribution in [2.24, 2.45) is 5.92 Å². The topological polar surface area (TPSA) is 61.7 Å². The number of aromatic nitrogens is 2. The van der Waals surface area contributed by atoms with Gasteiger partial charge in [0.05, 0.1) is 17.6 Å². The van der Waals surface area contributed by atoms with E-state index in [0.717, 1.165) is 48.5 Å². The first kappa shape index (κ1) is 25.2. The number of nitrogens with zero attached hydrogens (tertiary/aromatic N) is 5. The highest BCUT2D eigenvalue weighted by Crippen LogP contribution is 2.26. The Morgan fingerprint density at radius 2 is 1.41 bits per heavy atom. The lowest BCUT2D eigenvalue weighted by Gasteiger charge is -2.38. The van der Waals surface area contributed by atoms with Gasteiger partial charge < -0.3 is 9.80 Å². The average molecular weight is 526 g/mol. The molecule has 0 spiro atoms. The van der Waals surface area contributed by atoms with Crippen LogP contribution in [0.4, 0.5) is 4.39 Å². The number of para-hydroxylation sites is 2. The zero-order chi connectivity index (χ0) is 26.8. The van der Waals surface area contributed by atoms with Crippen LogP contribution in [0.5, 0.6) is 0 Å². The molecule has 0 aliphatic carbocycles. The largest absolute Gasteiger partial charge is 0.339 e. The van der Waals surface area contributed by atoms with Gasteiger partial charge in [-0.2, -0.15) is 0 Å². The summed E-state index contributed by atoms with van der Waals surface area (Å²) in [7, 11) is 0. The van der Waals surface area contributed by atoms with Gasteiger partial charge in [-0.25, -0.2) is 9.37 Å². The second kappa shape index (κ2) is 11.0. The van der Waals surface area contributed by atoms with E-state index < -0.39 is 0 Å². The van der Waals surface area contributed by atoms with Crippen LogP contribution >= 0.6 is 0 Å². The number of carbonyl (C=O) groups excluding carboxylic acids is 2. The maximum absolute atomic E-state index is 13.6. The van der Waals surface area contributed by atoms with Crippen LogP contribution < -0.4 is 0 Å². The number of hydrogen-bond donors (Lipinski definition) is 0. The Labute approximate surface area is 227 Å². The standard InChI is InChI=1S/C31H32FN5O2/c32-25-10-12-26(13-11-25)37-28-9-5-4-8-27(28)33-29(37)22-34-16-14-24(15-17-34)31(39)36-20-18-35(19-21-36)30(38)23-6-2-1-3-7-23/h1-13,24H,14-22H2. The number of likely N-dealkylation sites (tertiary alicyclic amines) is 1.